The molecule has 0 saturated carbocycles. The fraction of sp³-hybridized carbons (Fsp3) is 0.476. The number of aromatic nitrogens is 2. The number of nitrogens with one attached hydrogen (secondary N) is 1. The summed E-state index contributed by atoms with van der Waals surface area (Å²) in [5, 5.41) is 2.90. The molecule has 1 aliphatic heterocycles. The van der Waals surface area contributed by atoms with Crippen LogP contribution in [0.25, 0.3) is 0 Å². The molecule has 0 atom stereocenters. The molecule has 0 unspecified atom stereocenters. The highest BCUT2D eigenvalue weighted by Crippen LogP contribution is 2.25. The van der Waals surface area contributed by atoms with Crippen molar-refractivity contribution < 1.29 is 4.79 Å². The van der Waals surface area contributed by atoms with Crippen molar-refractivity contribution in [1.82, 2.24) is 15.3 Å². The highest BCUT2D eigenvalue weighted by Gasteiger charge is 2.22. The molecule has 1 N–H and O–H groups in total. The Kier molecular flexibility index (Phi) is 5.86. The summed E-state index contributed by atoms with van der Waals surface area (Å²) in [5.41, 5.74) is 1.86. The largest absolute Gasteiger partial charge is 0.356 e. The molecule has 5 heteroatoms. The molecule has 1 amide bonds. The lowest BCUT2D eigenvalue weighted by Crippen LogP contribution is -2.36. The van der Waals surface area contributed by atoms with Crippen molar-refractivity contribution in [2.24, 2.45) is 5.92 Å². The monoisotopic (exact) mass is 352 g/mol. The molecule has 1 saturated heterocycles. The molecule has 5 nitrogen and oxygen atoms in total. The molecular formula is C21H28N4O. The number of hydrogen-bond acceptors (Lipinski definition) is 4. The van der Waals surface area contributed by atoms with Crippen LogP contribution in [0.1, 0.15) is 48.6 Å². The summed E-state index contributed by atoms with van der Waals surface area (Å²) >= 11 is 0. The highest BCUT2D eigenvalue weighted by atomic mass is 16.1. The van der Waals surface area contributed by atoms with E-state index in [0.717, 1.165) is 38.2 Å². The van der Waals surface area contributed by atoms with E-state index in [9.17, 15) is 4.79 Å². The molecule has 1 aliphatic rings. The van der Waals surface area contributed by atoms with Crippen molar-refractivity contribution in [1.29, 1.82) is 0 Å². The predicted molar refractivity (Wildman–Crippen MR) is 104 cm³/mol. The minimum atomic E-state index is -0.134. The maximum Gasteiger partial charge on any atom is 0.270 e. The predicted octanol–water partition coefficient (Wildman–Crippen LogP) is 3.38. The zero-order valence-corrected chi connectivity index (χ0v) is 15.9. The second-order valence-corrected chi connectivity index (χ2v) is 7.41. The Morgan fingerprint density at radius 2 is 1.88 bits per heavy atom. The van der Waals surface area contributed by atoms with E-state index in [0.29, 0.717) is 17.4 Å². The average molecular weight is 352 g/mol. The lowest BCUT2D eigenvalue weighted by atomic mass is 9.90. The van der Waals surface area contributed by atoms with E-state index in [1.54, 1.807) is 0 Å². The number of rotatable bonds is 5. The highest BCUT2D eigenvalue weighted by molar-refractivity contribution is 5.93. The van der Waals surface area contributed by atoms with Crippen LogP contribution in [0.2, 0.25) is 0 Å². The molecule has 0 spiro atoms. The topological polar surface area (TPSA) is 58.1 Å². The number of carbonyl (C=O) groups excluding carboxylic acids is 1. The van der Waals surface area contributed by atoms with Crippen LogP contribution in [0.15, 0.2) is 36.4 Å². The zero-order chi connectivity index (χ0) is 18.5. The summed E-state index contributed by atoms with van der Waals surface area (Å²) < 4.78 is 0. The summed E-state index contributed by atoms with van der Waals surface area (Å²) in [6.07, 6.45) is 3.43. The Hall–Kier alpha value is -2.43. The number of benzene rings is 1. The van der Waals surface area contributed by atoms with Gasteiger partial charge in [-0.05, 0) is 51.5 Å². The van der Waals surface area contributed by atoms with E-state index >= 15 is 0 Å². The summed E-state index contributed by atoms with van der Waals surface area (Å²) in [5.74, 6) is 2.08. The SMILES string of the molecule is Cc1nc(C(=O)NC(C)C)cc(N2CCC(Cc3ccccc3)CC2)n1. The van der Waals surface area contributed by atoms with Crippen LogP contribution in [0.4, 0.5) is 5.82 Å². The Balaban J connectivity index is 1.63. The van der Waals surface area contributed by atoms with Crippen LogP contribution < -0.4 is 10.2 Å². The first-order valence-electron chi connectivity index (χ1n) is 9.46. The Morgan fingerprint density at radius 1 is 1.19 bits per heavy atom. The van der Waals surface area contributed by atoms with Gasteiger partial charge in [0.2, 0.25) is 0 Å². The second-order valence-electron chi connectivity index (χ2n) is 7.41. The lowest BCUT2D eigenvalue weighted by Gasteiger charge is -2.33. The van der Waals surface area contributed by atoms with Crippen molar-refractivity contribution in [3.05, 3.63) is 53.5 Å². The normalized spacial score (nSPS) is 15.3. The molecule has 2 heterocycles. The molecule has 0 aliphatic carbocycles. The third-order valence-electron chi connectivity index (χ3n) is 4.78. The minimum Gasteiger partial charge on any atom is -0.356 e. The Bertz CT molecular complexity index is 737. The van der Waals surface area contributed by atoms with Crippen LogP contribution in [-0.4, -0.2) is 35.0 Å². The minimum absolute atomic E-state index is 0.0925. The van der Waals surface area contributed by atoms with E-state index < -0.39 is 0 Å². The van der Waals surface area contributed by atoms with E-state index in [2.05, 4.69) is 50.5 Å². The van der Waals surface area contributed by atoms with Crippen molar-refractivity contribution in [3.63, 3.8) is 0 Å². The van der Waals surface area contributed by atoms with Crippen LogP contribution in [0.5, 0.6) is 0 Å². The maximum atomic E-state index is 12.3. The van der Waals surface area contributed by atoms with Crippen molar-refractivity contribution in [2.45, 2.75) is 46.1 Å². The molecule has 0 radical (unpaired) electrons. The van der Waals surface area contributed by atoms with Gasteiger partial charge in [-0.2, -0.15) is 0 Å². The quantitative estimate of drug-likeness (QED) is 0.896. The molecule has 138 valence electrons. The van der Waals surface area contributed by atoms with Gasteiger partial charge in [-0.1, -0.05) is 30.3 Å². The molecule has 0 bridgehead atoms. The number of hydrogen-bond donors (Lipinski definition) is 1. The fourth-order valence-corrected chi connectivity index (χ4v) is 3.48. The number of aryl methyl sites for hydroxylation is 1. The van der Waals surface area contributed by atoms with Gasteiger partial charge in [-0.15, -0.1) is 0 Å². The number of piperidine rings is 1. The van der Waals surface area contributed by atoms with Gasteiger partial charge in [0.05, 0.1) is 0 Å². The van der Waals surface area contributed by atoms with Gasteiger partial charge in [0.25, 0.3) is 5.91 Å². The second kappa shape index (κ2) is 8.30. The van der Waals surface area contributed by atoms with Gasteiger partial charge in [0.15, 0.2) is 0 Å². The van der Waals surface area contributed by atoms with Crippen LogP contribution in [0.3, 0.4) is 0 Å². The first kappa shape index (κ1) is 18.4. The van der Waals surface area contributed by atoms with Crippen molar-refractivity contribution >= 4 is 11.7 Å². The van der Waals surface area contributed by atoms with Gasteiger partial charge in [0, 0.05) is 25.2 Å². The molecule has 1 aromatic heterocycles. The van der Waals surface area contributed by atoms with Crippen LogP contribution in [-0.2, 0) is 6.42 Å². The summed E-state index contributed by atoms with van der Waals surface area (Å²) in [6.45, 7) is 7.69. The average Bonchev–Trinajstić information content (AvgIpc) is 2.62. The summed E-state index contributed by atoms with van der Waals surface area (Å²) in [6, 6.07) is 12.6. The molecule has 3 rings (SSSR count). The smallest absolute Gasteiger partial charge is 0.270 e. The molecule has 1 aromatic carbocycles. The molecule has 26 heavy (non-hydrogen) atoms. The van der Waals surface area contributed by atoms with E-state index in [1.807, 2.05) is 26.8 Å². The van der Waals surface area contributed by atoms with Gasteiger partial charge >= 0.3 is 0 Å². The summed E-state index contributed by atoms with van der Waals surface area (Å²) in [7, 11) is 0. The van der Waals surface area contributed by atoms with E-state index in [-0.39, 0.29) is 11.9 Å². The first-order chi connectivity index (χ1) is 12.5. The van der Waals surface area contributed by atoms with Crippen LogP contribution >= 0.6 is 0 Å². The molecule has 1 fully saturated rings. The van der Waals surface area contributed by atoms with Crippen molar-refractivity contribution in [3.8, 4) is 0 Å². The number of anilines is 1. The van der Waals surface area contributed by atoms with Gasteiger partial charge in [-0.3, -0.25) is 4.79 Å². The lowest BCUT2D eigenvalue weighted by molar-refractivity contribution is 0.0937. The Labute approximate surface area is 155 Å². The van der Waals surface area contributed by atoms with Crippen LogP contribution in [0, 0.1) is 12.8 Å². The third kappa shape index (κ3) is 4.81. The number of amides is 1. The standard InChI is InChI=1S/C21H28N4O/c1-15(2)22-21(26)19-14-20(24-16(3)23-19)25-11-9-18(10-12-25)13-17-7-5-4-6-8-17/h4-8,14-15,18H,9-13H2,1-3H3,(H,22,26). The summed E-state index contributed by atoms with van der Waals surface area (Å²) in [4.78, 5) is 23.4. The molecule has 2 aromatic rings. The fourth-order valence-electron chi connectivity index (χ4n) is 3.48. The van der Waals surface area contributed by atoms with Gasteiger partial charge in [-0.25, -0.2) is 9.97 Å². The number of carbonyl (C=O) groups is 1. The van der Waals surface area contributed by atoms with Gasteiger partial charge in [0.1, 0.15) is 17.3 Å². The molecular weight excluding hydrogens is 324 g/mol. The van der Waals surface area contributed by atoms with E-state index in [4.69, 9.17) is 0 Å². The zero-order valence-electron chi connectivity index (χ0n) is 15.9. The van der Waals surface area contributed by atoms with Gasteiger partial charge < -0.3 is 10.2 Å². The van der Waals surface area contributed by atoms with E-state index in [1.165, 1.54) is 5.56 Å². The number of nitrogens with zero attached hydrogens (tertiary/aromatic N) is 3. The van der Waals surface area contributed by atoms with Crippen molar-refractivity contribution in [2.75, 3.05) is 18.0 Å². The maximum absolute atomic E-state index is 12.3. The Morgan fingerprint density at radius 3 is 2.54 bits per heavy atom. The first-order valence-corrected chi connectivity index (χ1v) is 9.46. The third-order valence-corrected chi connectivity index (χ3v) is 4.78.